The lowest BCUT2D eigenvalue weighted by Crippen LogP contribution is -2.33. The number of aromatic nitrogens is 4. The fraction of sp³-hybridized carbons (Fsp3) is 0.348. The normalized spacial score (nSPS) is 26.9. The van der Waals surface area contributed by atoms with Gasteiger partial charge in [-0.2, -0.15) is 0 Å². The summed E-state index contributed by atoms with van der Waals surface area (Å²) in [7, 11) is 0. The molecule has 0 saturated carbocycles. The molecule has 164 valence electrons. The molecule has 1 saturated heterocycles. The molecule has 0 spiro atoms. The summed E-state index contributed by atoms with van der Waals surface area (Å²) >= 11 is 0. The molecule has 2 aromatic heterocycles. The Kier molecular flexibility index (Phi) is 4.58. The van der Waals surface area contributed by atoms with E-state index in [1.54, 1.807) is 4.57 Å². The van der Waals surface area contributed by atoms with Crippen molar-refractivity contribution >= 4 is 27.8 Å². The van der Waals surface area contributed by atoms with Crippen LogP contribution < -0.4 is 5.32 Å². The van der Waals surface area contributed by atoms with E-state index in [4.69, 9.17) is 4.74 Å². The Labute approximate surface area is 183 Å². The van der Waals surface area contributed by atoms with Crippen LogP contribution in [0, 0.1) is 0 Å². The second-order valence-corrected chi connectivity index (χ2v) is 8.42. The van der Waals surface area contributed by atoms with Crippen molar-refractivity contribution in [2.24, 2.45) is 0 Å². The third-order valence-corrected chi connectivity index (χ3v) is 6.60. The SMILES string of the molecule is OC[C@@H]1OC(n2cnc3c(NCC4Cc5cccc6cccc4c56)ncnc32)[C@@H](O)[C@H]1O. The number of imidazole rings is 1. The van der Waals surface area contributed by atoms with Crippen LogP contribution in [-0.4, -0.2) is 66.3 Å². The Bertz CT molecular complexity index is 1300. The number of aliphatic hydroxyl groups is 3. The first-order valence-corrected chi connectivity index (χ1v) is 10.7. The van der Waals surface area contributed by atoms with E-state index in [-0.39, 0.29) is 6.61 Å². The highest BCUT2D eigenvalue weighted by Gasteiger charge is 2.44. The van der Waals surface area contributed by atoms with Gasteiger partial charge in [0, 0.05) is 12.5 Å². The van der Waals surface area contributed by atoms with Gasteiger partial charge >= 0.3 is 0 Å². The van der Waals surface area contributed by atoms with Gasteiger partial charge in [0.1, 0.15) is 24.6 Å². The van der Waals surface area contributed by atoms with E-state index in [1.165, 1.54) is 34.6 Å². The van der Waals surface area contributed by atoms with Crippen molar-refractivity contribution in [2.75, 3.05) is 18.5 Å². The number of ether oxygens (including phenoxy) is 1. The minimum atomic E-state index is -1.20. The molecule has 32 heavy (non-hydrogen) atoms. The summed E-state index contributed by atoms with van der Waals surface area (Å²) in [6, 6.07) is 12.9. The number of hydrogen-bond acceptors (Lipinski definition) is 8. The minimum absolute atomic E-state index is 0.323. The van der Waals surface area contributed by atoms with Crippen LogP contribution in [0.15, 0.2) is 49.1 Å². The van der Waals surface area contributed by atoms with Crippen molar-refractivity contribution in [1.82, 2.24) is 19.5 Å². The Balaban J connectivity index is 1.27. The van der Waals surface area contributed by atoms with Crippen LogP contribution in [0.3, 0.4) is 0 Å². The molecule has 5 atom stereocenters. The van der Waals surface area contributed by atoms with Crippen molar-refractivity contribution in [1.29, 1.82) is 0 Å². The van der Waals surface area contributed by atoms with Gasteiger partial charge in [-0.05, 0) is 28.3 Å². The maximum atomic E-state index is 10.4. The molecule has 2 aliphatic rings. The Morgan fingerprint density at radius 3 is 2.72 bits per heavy atom. The highest BCUT2D eigenvalue weighted by Crippen LogP contribution is 2.38. The first kappa shape index (κ1) is 19.6. The third kappa shape index (κ3) is 2.90. The van der Waals surface area contributed by atoms with Crippen LogP contribution in [0.2, 0.25) is 0 Å². The standard InChI is InChI=1S/C23H23N5O4/c29-9-16-19(30)20(31)23(32-16)28-11-27-18-21(25-10-26-22(18)28)24-8-14-7-13-5-1-3-12-4-2-6-15(14)17(12)13/h1-6,10-11,14,16,19-20,23,29-31H,7-9H2,(H,24,25,26)/t14?,16-,19-,20-,23?/m0/s1. The predicted molar refractivity (Wildman–Crippen MR) is 117 cm³/mol. The average molecular weight is 433 g/mol. The first-order valence-electron chi connectivity index (χ1n) is 10.7. The largest absolute Gasteiger partial charge is 0.394 e. The lowest BCUT2D eigenvalue weighted by molar-refractivity contribution is -0.0511. The predicted octanol–water partition coefficient (Wildman–Crippen LogP) is 1.34. The number of nitrogens with zero attached hydrogens (tertiary/aromatic N) is 4. The van der Waals surface area contributed by atoms with Crippen molar-refractivity contribution in [3.05, 3.63) is 60.2 Å². The second kappa shape index (κ2) is 7.49. The quantitative estimate of drug-likeness (QED) is 0.372. The number of fused-ring (bicyclic) bond motifs is 1. The highest BCUT2D eigenvalue weighted by molar-refractivity contribution is 5.91. The Morgan fingerprint density at radius 2 is 1.91 bits per heavy atom. The Hall–Kier alpha value is -3.11. The molecule has 1 aliphatic carbocycles. The summed E-state index contributed by atoms with van der Waals surface area (Å²) in [6.45, 7) is 0.306. The topological polar surface area (TPSA) is 126 Å². The number of rotatable bonds is 5. The van der Waals surface area contributed by atoms with E-state index in [9.17, 15) is 15.3 Å². The van der Waals surface area contributed by atoms with E-state index in [0.717, 1.165) is 6.42 Å². The molecule has 2 aromatic carbocycles. The van der Waals surface area contributed by atoms with Gasteiger partial charge in [0.2, 0.25) is 0 Å². The minimum Gasteiger partial charge on any atom is -0.394 e. The van der Waals surface area contributed by atoms with Gasteiger partial charge in [0.05, 0.1) is 12.9 Å². The molecule has 3 heterocycles. The fourth-order valence-electron chi connectivity index (χ4n) is 5.01. The lowest BCUT2D eigenvalue weighted by Gasteiger charge is -2.17. The molecule has 2 unspecified atom stereocenters. The molecule has 6 rings (SSSR count). The summed E-state index contributed by atoms with van der Waals surface area (Å²) < 4.78 is 7.20. The second-order valence-electron chi connectivity index (χ2n) is 8.42. The van der Waals surface area contributed by atoms with Crippen molar-refractivity contribution in [3.63, 3.8) is 0 Å². The monoisotopic (exact) mass is 433 g/mol. The molecule has 0 amide bonds. The smallest absolute Gasteiger partial charge is 0.167 e. The third-order valence-electron chi connectivity index (χ3n) is 6.60. The molecule has 1 aliphatic heterocycles. The summed E-state index contributed by atoms with van der Waals surface area (Å²) in [6.07, 6.45) is -0.224. The maximum absolute atomic E-state index is 10.4. The van der Waals surface area contributed by atoms with Crippen LogP contribution in [0.4, 0.5) is 5.82 Å². The molecular weight excluding hydrogens is 410 g/mol. The van der Waals surface area contributed by atoms with Crippen LogP contribution in [0.5, 0.6) is 0 Å². The van der Waals surface area contributed by atoms with Gasteiger partial charge in [0.15, 0.2) is 23.2 Å². The van der Waals surface area contributed by atoms with Crippen LogP contribution >= 0.6 is 0 Å². The fourth-order valence-corrected chi connectivity index (χ4v) is 5.01. The van der Waals surface area contributed by atoms with Crippen LogP contribution in [-0.2, 0) is 11.2 Å². The Morgan fingerprint density at radius 1 is 1.06 bits per heavy atom. The van der Waals surface area contributed by atoms with Gasteiger partial charge in [0.25, 0.3) is 0 Å². The number of hydrogen-bond donors (Lipinski definition) is 4. The maximum Gasteiger partial charge on any atom is 0.167 e. The number of nitrogens with one attached hydrogen (secondary N) is 1. The van der Waals surface area contributed by atoms with Gasteiger partial charge < -0.3 is 25.4 Å². The molecule has 1 fully saturated rings. The molecule has 4 N–H and O–H groups in total. The zero-order chi connectivity index (χ0) is 21.8. The first-order chi connectivity index (χ1) is 15.7. The number of aliphatic hydroxyl groups excluding tert-OH is 3. The zero-order valence-corrected chi connectivity index (χ0v) is 17.2. The van der Waals surface area contributed by atoms with Crippen LogP contribution in [0.1, 0.15) is 23.3 Å². The summed E-state index contributed by atoms with van der Waals surface area (Å²) in [5.74, 6) is 0.923. The zero-order valence-electron chi connectivity index (χ0n) is 17.2. The molecule has 4 aromatic rings. The van der Waals surface area contributed by atoms with Gasteiger partial charge in [-0.3, -0.25) is 4.57 Å². The van der Waals surface area contributed by atoms with Crippen LogP contribution in [0.25, 0.3) is 21.9 Å². The lowest BCUT2D eigenvalue weighted by atomic mass is 10.00. The van der Waals surface area contributed by atoms with Crippen molar-refractivity contribution < 1.29 is 20.1 Å². The molecule has 0 bridgehead atoms. The van der Waals surface area contributed by atoms with Gasteiger partial charge in [-0.1, -0.05) is 36.4 Å². The van der Waals surface area contributed by atoms with E-state index in [2.05, 4.69) is 56.7 Å². The van der Waals surface area contributed by atoms with E-state index in [1.807, 2.05) is 0 Å². The molecular formula is C23H23N5O4. The summed E-state index contributed by atoms with van der Waals surface area (Å²) in [5.41, 5.74) is 3.74. The average Bonchev–Trinajstić information content (AvgIpc) is 3.49. The van der Waals surface area contributed by atoms with Gasteiger partial charge in [-0.15, -0.1) is 0 Å². The van der Waals surface area contributed by atoms with Crippen molar-refractivity contribution in [3.8, 4) is 0 Å². The van der Waals surface area contributed by atoms with E-state index < -0.39 is 24.5 Å². The molecule has 9 heteroatoms. The van der Waals surface area contributed by atoms with Gasteiger partial charge in [-0.25, -0.2) is 15.0 Å². The summed E-state index contributed by atoms with van der Waals surface area (Å²) in [4.78, 5) is 13.1. The van der Waals surface area contributed by atoms with Crippen molar-refractivity contribution in [2.45, 2.75) is 36.9 Å². The highest BCUT2D eigenvalue weighted by atomic mass is 16.6. The number of benzene rings is 2. The number of anilines is 1. The summed E-state index contributed by atoms with van der Waals surface area (Å²) in [5, 5.41) is 35.9. The van der Waals surface area contributed by atoms with E-state index >= 15 is 0 Å². The van der Waals surface area contributed by atoms with E-state index in [0.29, 0.717) is 29.4 Å². The molecule has 0 radical (unpaired) electrons. The molecule has 9 nitrogen and oxygen atoms in total.